The van der Waals surface area contributed by atoms with Gasteiger partial charge in [0.1, 0.15) is 0 Å². The van der Waals surface area contributed by atoms with E-state index in [1.54, 1.807) is 23.1 Å². The van der Waals surface area contributed by atoms with Gasteiger partial charge in [-0.25, -0.2) is 4.98 Å². The third-order valence-electron chi connectivity index (χ3n) is 4.79. The van der Waals surface area contributed by atoms with Crippen LogP contribution in [0.1, 0.15) is 6.42 Å². The number of imidazole rings is 1. The summed E-state index contributed by atoms with van der Waals surface area (Å²) in [7, 11) is 0. The number of nitrogens with zero attached hydrogens (tertiary/aromatic N) is 2. The summed E-state index contributed by atoms with van der Waals surface area (Å²) in [5.41, 5.74) is 2.32. The van der Waals surface area contributed by atoms with Crippen molar-refractivity contribution in [2.45, 2.75) is 6.42 Å². The maximum absolute atomic E-state index is 12.6. The van der Waals surface area contributed by atoms with Gasteiger partial charge < -0.3 is 19.4 Å². The van der Waals surface area contributed by atoms with Crippen molar-refractivity contribution in [1.29, 1.82) is 0 Å². The molecule has 2 aromatic carbocycles. The molecule has 0 bridgehead atoms. The van der Waals surface area contributed by atoms with E-state index in [0.29, 0.717) is 29.7 Å². The van der Waals surface area contributed by atoms with Gasteiger partial charge >= 0.3 is 0 Å². The fourth-order valence-electron chi connectivity index (χ4n) is 3.42. The van der Waals surface area contributed by atoms with Gasteiger partial charge in [-0.1, -0.05) is 12.1 Å². The van der Waals surface area contributed by atoms with Gasteiger partial charge in [0.25, 0.3) is 0 Å². The van der Waals surface area contributed by atoms with E-state index in [2.05, 4.69) is 15.3 Å². The van der Waals surface area contributed by atoms with Gasteiger partial charge in [0.05, 0.1) is 17.0 Å². The minimum Gasteiger partial charge on any atom is -0.454 e. The Bertz CT molecular complexity index is 1030. The Labute approximate surface area is 154 Å². The van der Waals surface area contributed by atoms with Crippen LogP contribution in [0.3, 0.4) is 0 Å². The lowest BCUT2D eigenvalue weighted by Crippen LogP contribution is -2.28. The zero-order valence-corrected chi connectivity index (χ0v) is 14.3. The summed E-state index contributed by atoms with van der Waals surface area (Å²) < 4.78 is 10.7. The molecule has 0 spiro atoms. The molecule has 1 saturated heterocycles. The van der Waals surface area contributed by atoms with Gasteiger partial charge in [-0.05, 0) is 24.3 Å². The first-order valence-corrected chi connectivity index (χ1v) is 8.63. The van der Waals surface area contributed by atoms with E-state index in [9.17, 15) is 9.59 Å². The number of nitrogens with one attached hydrogen (secondary N) is 2. The van der Waals surface area contributed by atoms with Crippen molar-refractivity contribution in [1.82, 2.24) is 9.97 Å². The minimum atomic E-state index is -0.448. The van der Waals surface area contributed by atoms with E-state index in [1.807, 2.05) is 24.3 Å². The molecular formula is C19H16N4O4. The van der Waals surface area contributed by atoms with Crippen LogP contribution < -0.4 is 19.7 Å². The Morgan fingerprint density at radius 1 is 1.19 bits per heavy atom. The fourth-order valence-corrected chi connectivity index (χ4v) is 3.42. The first-order valence-electron chi connectivity index (χ1n) is 8.63. The predicted molar refractivity (Wildman–Crippen MR) is 97.7 cm³/mol. The second-order valence-corrected chi connectivity index (χ2v) is 6.53. The molecule has 3 heterocycles. The Morgan fingerprint density at radius 2 is 2.04 bits per heavy atom. The molecule has 2 aliphatic heterocycles. The first-order chi connectivity index (χ1) is 13.2. The zero-order valence-electron chi connectivity index (χ0n) is 14.3. The van der Waals surface area contributed by atoms with E-state index in [1.165, 1.54) is 0 Å². The van der Waals surface area contributed by atoms with Crippen LogP contribution in [0.5, 0.6) is 11.5 Å². The smallest absolute Gasteiger partial charge is 0.232 e. The summed E-state index contributed by atoms with van der Waals surface area (Å²) in [4.78, 5) is 34.0. The molecule has 2 aliphatic rings. The molecule has 1 aromatic heterocycles. The van der Waals surface area contributed by atoms with Crippen molar-refractivity contribution in [2.75, 3.05) is 23.6 Å². The first kappa shape index (κ1) is 15.7. The molecule has 8 nitrogen and oxygen atoms in total. The third kappa shape index (κ3) is 2.75. The number of H-pyrrole nitrogens is 1. The Kier molecular flexibility index (Phi) is 3.49. The zero-order chi connectivity index (χ0) is 18.4. The highest BCUT2D eigenvalue weighted by Gasteiger charge is 2.36. The molecule has 5 rings (SSSR count). The van der Waals surface area contributed by atoms with Crippen molar-refractivity contribution >= 4 is 34.5 Å². The number of aromatic nitrogens is 2. The number of rotatable bonds is 3. The molecule has 2 amide bonds. The van der Waals surface area contributed by atoms with Crippen LogP contribution in [0.2, 0.25) is 0 Å². The summed E-state index contributed by atoms with van der Waals surface area (Å²) in [6.45, 7) is 0.486. The molecule has 1 fully saturated rings. The lowest BCUT2D eigenvalue weighted by molar-refractivity contribution is -0.122. The molecule has 0 radical (unpaired) electrons. The number of amides is 2. The van der Waals surface area contributed by atoms with E-state index in [4.69, 9.17) is 9.47 Å². The van der Waals surface area contributed by atoms with Crippen LogP contribution >= 0.6 is 0 Å². The molecule has 1 atom stereocenters. The number of hydrogen-bond acceptors (Lipinski definition) is 5. The maximum Gasteiger partial charge on any atom is 0.232 e. The SMILES string of the molecule is O=C(Nc1nc2ccccc2[nH]1)C1CC(=O)N(c2ccc3c(c2)OCO3)C1. The predicted octanol–water partition coefficient (Wildman–Crippen LogP) is 2.28. The normalized spacial score (nSPS) is 18.3. The largest absolute Gasteiger partial charge is 0.454 e. The Hall–Kier alpha value is -3.55. The van der Waals surface area contributed by atoms with E-state index < -0.39 is 5.92 Å². The molecule has 1 unspecified atom stereocenters. The van der Waals surface area contributed by atoms with Gasteiger partial charge in [0.2, 0.25) is 24.6 Å². The van der Waals surface area contributed by atoms with Crippen molar-refractivity contribution in [3.63, 3.8) is 0 Å². The number of para-hydroxylation sites is 2. The molecule has 0 saturated carbocycles. The summed E-state index contributed by atoms with van der Waals surface area (Å²) in [5, 5.41) is 2.78. The summed E-state index contributed by atoms with van der Waals surface area (Å²) in [6.07, 6.45) is 0.153. The van der Waals surface area contributed by atoms with Crippen molar-refractivity contribution in [2.24, 2.45) is 5.92 Å². The number of ether oxygens (including phenoxy) is 2. The van der Waals surface area contributed by atoms with E-state index in [-0.39, 0.29) is 25.0 Å². The number of anilines is 2. The van der Waals surface area contributed by atoms with Crippen molar-refractivity contribution in [3.8, 4) is 11.5 Å². The van der Waals surface area contributed by atoms with Crippen LogP contribution in [0.15, 0.2) is 42.5 Å². The van der Waals surface area contributed by atoms with Crippen LogP contribution in [0, 0.1) is 5.92 Å². The average Bonchev–Trinajstić information content (AvgIpc) is 3.37. The maximum atomic E-state index is 12.6. The van der Waals surface area contributed by atoms with Crippen molar-refractivity contribution in [3.05, 3.63) is 42.5 Å². The highest BCUT2D eigenvalue weighted by Crippen LogP contribution is 2.37. The summed E-state index contributed by atoms with van der Waals surface area (Å²) in [6, 6.07) is 12.9. The molecule has 136 valence electrons. The number of hydrogen-bond donors (Lipinski definition) is 2. The summed E-state index contributed by atoms with van der Waals surface area (Å²) in [5.74, 6) is 0.871. The second kappa shape index (κ2) is 6.01. The fraction of sp³-hybridized carbons (Fsp3) is 0.211. The average molecular weight is 364 g/mol. The van der Waals surface area contributed by atoms with Gasteiger partial charge in [-0.2, -0.15) is 0 Å². The van der Waals surface area contributed by atoms with Crippen LogP contribution in [0.25, 0.3) is 11.0 Å². The monoisotopic (exact) mass is 364 g/mol. The molecule has 0 aliphatic carbocycles. The summed E-state index contributed by atoms with van der Waals surface area (Å²) >= 11 is 0. The molecular weight excluding hydrogens is 348 g/mol. The van der Waals surface area contributed by atoms with Crippen LogP contribution in [-0.2, 0) is 9.59 Å². The molecule has 2 N–H and O–H groups in total. The minimum absolute atomic E-state index is 0.0985. The standard InChI is InChI=1S/C19H16N4O4/c24-17-7-11(9-23(17)12-5-6-15-16(8-12)27-10-26-15)18(25)22-19-20-13-3-1-2-4-14(13)21-19/h1-6,8,11H,7,9-10H2,(H2,20,21,22,25). The van der Waals surface area contributed by atoms with E-state index in [0.717, 1.165) is 11.0 Å². The van der Waals surface area contributed by atoms with Crippen LogP contribution in [0.4, 0.5) is 11.6 Å². The molecule has 8 heteroatoms. The van der Waals surface area contributed by atoms with Crippen LogP contribution in [-0.4, -0.2) is 35.1 Å². The quantitative estimate of drug-likeness (QED) is 0.743. The van der Waals surface area contributed by atoms with Gasteiger partial charge in [0, 0.05) is 24.7 Å². The third-order valence-corrected chi connectivity index (χ3v) is 4.79. The molecule has 3 aromatic rings. The highest BCUT2D eigenvalue weighted by atomic mass is 16.7. The number of benzene rings is 2. The number of fused-ring (bicyclic) bond motifs is 2. The Morgan fingerprint density at radius 3 is 2.93 bits per heavy atom. The van der Waals surface area contributed by atoms with Gasteiger partial charge in [-0.15, -0.1) is 0 Å². The van der Waals surface area contributed by atoms with Gasteiger partial charge in [-0.3, -0.25) is 14.9 Å². The van der Waals surface area contributed by atoms with Crippen molar-refractivity contribution < 1.29 is 19.1 Å². The number of carbonyl (C=O) groups is 2. The highest BCUT2D eigenvalue weighted by molar-refractivity contribution is 6.03. The lowest BCUT2D eigenvalue weighted by Gasteiger charge is -2.17. The van der Waals surface area contributed by atoms with E-state index >= 15 is 0 Å². The topological polar surface area (TPSA) is 96.5 Å². The Balaban J connectivity index is 1.31. The van der Waals surface area contributed by atoms with Gasteiger partial charge in [0.15, 0.2) is 11.5 Å². The lowest BCUT2D eigenvalue weighted by atomic mass is 10.1. The molecule has 27 heavy (non-hydrogen) atoms. The number of aromatic amines is 1. The second-order valence-electron chi connectivity index (χ2n) is 6.53. The number of carbonyl (C=O) groups excluding carboxylic acids is 2.